The average molecular weight is 296 g/mol. The van der Waals surface area contributed by atoms with Crippen LogP contribution in [0, 0.1) is 5.92 Å². The third-order valence-electron chi connectivity index (χ3n) is 4.00. The number of amides is 1. The number of benzene rings is 1. The standard InChI is InChI=1S/C16H22ClNO2/c1-12(9-13-5-4-6-14(17)10-13)15(19)18-11-16(20)7-2-3-8-16/h4-6,10,12,20H,2-3,7-9,11H2,1H3,(H,18,19). The fourth-order valence-electron chi connectivity index (χ4n) is 2.75. The summed E-state index contributed by atoms with van der Waals surface area (Å²) in [5.41, 5.74) is 0.366. The molecule has 1 saturated carbocycles. The van der Waals surface area contributed by atoms with Gasteiger partial charge in [0, 0.05) is 17.5 Å². The second kappa shape index (κ2) is 6.59. The fraction of sp³-hybridized carbons (Fsp3) is 0.562. The van der Waals surface area contributed by atoms with Gasteiger partial charge in [0.05, 0.1) is 5.60 Å². The van der Waals surface area contributed by atoms with Gasteiger partial charge in [-0.3, -0.25) is 4.79 Å². The monoisotopic (exact) mass is 295 g/mol. The number of halogens is 1. The predicted molar refractivity (Wildman–Crippen MR) is 80.7 cm³/mol. The SMILES string of the molecule is CC(Cc1cccc(Cl)c1)C(=O)NCC1(O)CCCC1. The minimum atomic E-state index is -0.689. The van der Waals surface area contributed by atoms with Gasteiger partial charge in [-0.2, -0.15) is 0 Å². The van der Waals surface area contributed by atoms with E-state index in [4.69, 9.17) is 11.6 Å². The molecule has 0 heterocycles. The van der Waals surface area contributed by atoms with Gasteiger partial charge in [0.1, 0.15) is 0 Å². The quantitative estimate of drug-likeness (QED) is 0.877. The molecule has 1 aliphatic rings. The largest absolute Gasteiger partial charge is 0.388 e. The minimum Gasteiger partial charge on any atom is -0.388 e. The van der Waals surface area contributed by atoms with Gasteiger partial charge >= 0.3 is 0 Å². The van der Waals surface area contributed by atoms with Crippen LogP contribution in [-0.4, -0.2) is 23.2 Å². The number of carbonyl (C=O) groups excluding carboxylic acids is 1. The van der Waals surface area contributed by atoms with Crippen molar-refractivity contribution >= 4 is 17.5 Å². The number of hydrogen-bond donors (Lipinski definition) is 2. The summed E-state index contributed by atoms with van der Waals surface area (Å²) in [6, 6.07) is 7.57. The zero-order valence-electron chi connectivity index (χ0n) is 11.9. The second-order valence-electron chi connectivity index (χ2n) is 5.88. The maximum atomic E-state index is 12.1. The summed E-state index contributed by atoms with van der Waals surface area (Å²) in [5, 5.41) is 13.8. The lowest BCUT2D eigenvalue weighted by molar-refractivity contribution is -0.125. The first-order valence-corrected chi connectivity index (χ1v) is 7.61. The molecule has 4 heteroatoms. The summed E-state index contributed by atoms with van der Waals surface area (Å²) in [6.45, 7) is 2.26. The maximum absolute atomic E-state index is 12.1. The topological polar surface area (TPSA) is 49.3 Å². The maximum Gasteiger partial charge on any atom is 0.223 e. The van der Waals surface area contributed by atoms with Crippen LogP contribution in [0.4, 0.5) is 0 Å². The van der Waals surface area contributed by atoms with Crippen molar-refractivity contribution in [3.63, 3.8) is 0 Å². The Morgan fingerprint density at radius 1 is 1.45 bits per heavy atom. The summed E-state index contributed by atoms with van der Waals surface area (Å²) >= 11 is 5.94. The minimum absolute atomic E-state index is 0.00898. The van der Waals surface area contributed by atoms with Crippen LogP contribution in [0.5, 0.6) is 0 Å². The molecule has 2 N–H and O–H groups in total. The Labute approximate surface area is 125 Å². The highest BCUT2D eigenvalue weighted by molar-refractivity contribution is 6.30. The predicted octanol–water partition coefficient (Wildman–Crippen LogP) is 2.94. The zero-order chi connectivity index (χ0) is 14.6. The van der Waals surface area contributed by atoms with Gasteiger partial charge in [0.25, 0.3) is 0 Å². The second-order valence-corrected chi connectivity index (χ2v) is 6.32. The Morgan fingerprint density at radius 3 is 2.80 bits per heavy atom. The van der Waals surface area contributed by atoms with E-state index in [-0.39, 0.29) is 11.8 Å². The van der Waals surface area contributed by atoms with Crippen LogP contribution in [0.2, 0.25) is 5.02 Å². The molecule has 0 spiro atoms. The van der Waals surface area contributed by atoms with Gasteiger partial charge in [-0.15, -0.1) is 0 Å². The van der Waals surface area contributed by atoms with Crippen molar-refractivity contribution in [3.8, 4) is 0 Å². The van der Waals surface area contributed by atoms with E-state index >= 15 is 0 Å². The number of nitrogens with one attached hydrogen (secondary N) is 1. The van der Waals surface area contributed by atoms with Crippen LogP contribution in [0.25, 0.3) is 0 Å². The van der Waals surface area contributed by atoms with Crippen molar-refractivity contribution < 1.29 is 9.90 Å². The van der Waals surface area contributed by atoms with Gasteiger partial charge in [-0.05, 0) is 37.0 Å². The molecule has 1 fully saturated rings. The molecule has 1 aliphatic carbocycles. The van der Waals surface area contributed by atoms with Gasteiger partial charge in [0.2, 0.25) is 5.91 Å². The molecule has 20 heavy (non-hydrogen) atoms. The Kier molecular flexibility index (Phi) is 5.06. The highest BCUT2D eigenvalue weighted by Gasteiger charge is 2.31. The molecule has 1 aromatic carbocycles. The lowest BCUT2D eigenvalue weighted by Gasteiger charge is -2.23. The van der Waals surface area contributed by atoms with Crippen molar-refractivity contribution in [3.05, 3.63) is 34.9 Å². The van der Waals surface area contributed by atoms with Crippen LogP contribution in [-0.2, 0) is 11.2 Å². The van der Waals surface area contributed by atoms with Gasteiger partial charge in [-0.25, -0.2) is 0 Å². The Bertz CT molecular complexity index is 469. The lowest BCUT2D eigenvalue weighted by Crippen LogP contribution is -2.42. The van der Waals surface area contributed by atoms with E-state index < -0.39 is 5.60 Å². The fourth-order valence-corrected chi connectivity index (χ4v) is 2.96. The molecule has 1 aromatic rings. The summed E-state index contributed by atoms with van der Waals surface area (Å²) in [6.07, 6.45) is 4.33. The van der Waals surface area contributed by atoms with E-state index in [0.29, 0.717) is 18.0 Å². The van der Waals surface area contributed by atoms with Gasteiger partial charge < -0.3 is 10.4 Å². The zero-order valence-corrected chi connectivity index (χ0v) is 12.6. The first-order valence-electron chi connectivity index (χ1n) is 7.23. The summed E-state index contributed by atoms with van der Waals surface area (Å²) in [5.74, 6) is -0.135. The highest BCUT2D eigenvalue weighted by Crippen LogP contribution is 2.28. The number of aliphatic hydroxyl groups is 1. The molecule has 1 amide bonds. The summed E-state index contributed by atoms with van der Waals surface area (Å²) < 4.78 is 0. The molecular formula is C16H22ClNO2. The Hall–Kier alpha value is -1.06. The van der Waals surface area contributed by atoms with E-state index in [1.54, 1.807) is 0 Å². The normalized spacial score (nSPS) is 18.8. The van der Waals surface area contributed by atoms with Gasteiger partial charge in [0.15, 0.2) is 0 Å². The van der Waals surface area contributed by atoms with E-state index in [9.17, 15) is 9.90 Å². The first-order chi connectivity index (χ1) is 9.48. The number of hydrogen-bond acceptors (Lipinski definition) is 2. The van der Waals surface area contributed by atoms with Crippen LogP contribution in [0.15, 0.2) is 24.3 Å². The number of rotatable bonds is 5. The van der Waals surface area contributed by atoms with Crippen LogP contribution in [0.3, 0.4) is 0 Å². The van der Waals surface area contributed by atoms with Crippen molar-refractivity contribution in [2.24, 2.45) is 5.92 Å². The lowest BCUT2D eigenvalue weighted by atomic mass is 9.99. The van der Waals surface area contributed by atoms with Crippen molar-refractivity contribution in [1.82, 2.24) is 5.32 Å². The van der Waals surface area contributed by atoms with Crippen LogP contribution < -0.4 is 5.32 Å². The first kappa shape index (κ1) is 15.3. The number of carbonyl (C=O) groups is 1. The molecule has 1 atom stereocenters. The molecule has 0 saturated heterocycles. The molecule has 3 nitrogen and oxygen atoms in total. The molecular weight excluding hydrogens is 274 g/mol. The smallest absolute Gasteiger partial charge is 0.223 e. The van der Waals surface area contributed by atoms with Crippen molar-refractivity contribution in [2.45, 2.75) is 44.6 Å². The Morgan fingerprint density at radius 2 is 2.15 bits per heavy atom. The molecule has 2 rings (SSSR count). The van der Waals surface area contributed by atoms with Crippen molar-refractivity contribution in [1.29, 1.82) is 0 Å². The van der Waals surface area contributed by atoms with Crippen molar-refractivity contribution in [2.75, 3.05) is 6.54 Å². The van der Waals surface area contributed by atoms with E-state index in [2.05, 4.69) is 5.32 Å². The molecule has 0 radical (unpaired) electrons. The molecule has 110 valence electrons. The third kappa shape index (κ3) is 4.22. The highest BCUT2D eigenvalue weighted by atomic mass is 35.5. The Balaban J connectivity index is 1.83. The molecule has 0 aromatic heterocycles. The van der Waals surface area contributed by atoms with Crippen LogP contribution in [0.1, 0.15) is 38.2 Å². The van der Waals surface area contributed by atoms with E-state index in [1.165, 1.54) is 0 Å². The third-order valence-corrected chi connectivity index (χ3v) is 4.24. The molecule has 0 aliphatic heterocycles. The molecule has 1 unspecified atom stereocenters. The van der Waals surface area contributed by atoms with E-state index in [0.717, 1.165) is 31.2 Å². The van der Waals surface area contributed by atoms with Crippen LogP contribution >= 0.6 is 11.6 Å². The van der Waals surface area contributed by atoms with E-state index in [1.807, 2.05) is 31.2 Å². The summed E-state index contributed by atoms with van der Waals surface area (Å²) in [4.78, 5) is 12.1. The average Bonchev–Trinajstić information content (AvgIpc) is 2.83. The summed E-state index contributed by atoms with van der Waals surface area (Å²) in [7, 11) is 0. The molecule has 0 bridgehead atoms. The van der Waals surface area contributed by atoms with Gasteiger partial charge in [-0.1, -0.05) is 43.5 Å².